The maximum Gasteiger partial charge on any atom is 0.144 e. The molecule has 1 aromatic rings. The number of anilines is 1. The maximum absolute atomic E-state index is 5.25. The zero-order chi connectivity index (χ0) is 15.1. The van der Waals surface area contributed by atoms with Gasteiger partial charge in [-0.2, -0.15) is 11.8 Å². The Labute approximate surface area is 140 Å². The van der Waals surface area contributed by atoms with E-state index in [1.165, 1.54) is 25.7 Å². The molecule has 21 heavy (non-hydrogen) atoms. The molecular formula is C15H24BrN3OS. The smallest absolute Gasteiger partial charge is 0.144 e. The minimum absolute atomic E-state index is 0.505. The van der Waals surface area contributed by atoms with Crippen molar-refractivity contribution in [3.63, 3.8) is 0 Å². The van der Waals surface area contributed by atoms with Crippen LogP contribution in [-0.2, 0) is 17.1 Å². The van der Waals surface area contributed by atoms with Crippen molar-refractivity contribution in [2.75, 3.05) is 19.0 Å². The lowest BCUT2D eigenvalue weighted by molar-refractivity contribution is 0.180. The van der Waals surface area contributed by atoms with Crippen LogP contribution in [0.25, 0.3) is 0 Å². The van der Waals surface area contributed by atoms with Crippen LogP contribution < -0.4 is 5.32 Å². The van der Waals surface area contributed by atoms with E-state index >= 15 is 0 Å². The minimum Gasteiger partial charge on any atom is -0.378 e. The van der Waals surface area contributed by atoms with Crippen molar-refractivity contribution in [1.29, 1.82) is 0 Å². The van der Waals surface area contributed by atoms with Crippen LogP contribution in [0, 0.1) is 0 Å². The molecule has 1 aromatic heterocycles. The van der Waals surface area contributed by atoms with Gasteiger partial charge in [0.15, 0.2) is 0 Å². The van der Waals surface area contributed by atoms with Gasteiger partial charge in [-0.15, -0.1) is 0 Å². The fourth-order valence-electron chi connectivity index (χ4n) is 2.45. The summed E-state index contributed by atoms with van der Waals surface area (Å²) >= 11 is 5.58. The second-order valence-electron chi connectivity index (χ2n) is 5.33. The number of halogens is 1. The molecule has 1 aliphatic rings. The van der Waals surface area contributed by atoms with E-state index in [1.54, 1.807) is 7.11 Å². The minimum atomic E-state index is 0.505. The van der Waals surface area contributed by atoms with Crippen molar-refractivity contribution < 1.29 is 4.74 Å². The highest BCUT2D eigenvalue weighted by molar-refractivity contribution is 9.10. The van der Waals surface area contributed by atoms with Gasteiger partial charge in [0.25, 0.3) is 0 Å². The van der Waals surface area contributed by atoms with Crippen LogP contribution in [0.3, 0.4) is 0 Å². The number of hydrogen-bond donors (Lipinski definition) is 1. The van der Waals surface area contributed by atoms with E-state index in [4.69, 9.17) is 4.74 Å². The van der Waals surface area contributed by atoms with Crippen LogP contribution in [0.1, 0.15) is 50.5 Å². The number of rotatable bonds is 8. The summed E-state index contributed by atoms with van der Waals surface area (Å²) in [6.45, 7) is 3.57. The molecule has 1 heterocycles. The van der Waals surface area contributed by atoms with Crippen molar-refractivity contribution in [2.24, 2.45) is 0 Å². The van der Waals surface area contributed by atoms with E-state index in [-0.39, 0.29) is 0 Å². The molecule has 4 nitrogen and oxygen atoms in total. The molecule has 1 N–H and O–H groups in total. The summed E-state index contributed by atoms with van der Waals surface area (Å²) in [5.41, 5.74) is 0.924. The first-order valence-electron chi connectivity index (χ1n) is 7.64. The molecule has 0 aromatic carbocycles. The highest BCUT2D eigenvalue weighted by Gasteiger charge is 2.17. The van der Waals surface area contributed by atoms with Crippen LogP contribution in [-0.4, -0.2) is 28.9 Å². The highest BCUT2D eigenvalue weighted by atomic mass is 79.9. The molecule has 0 bridgehead atoms. The number of methoxy groups -OCH3 is 1. The predicted molar refractivity (Wildman–Crippen MR) is 92.8 cm³/mol. The average Bonchev–Trinajstić information content (AvgIpc) is 3.00. The molecule has 2 rings (SSSR count). The Balaban J connectivity index is 2.08. The lowest BCUT2D eigenvalue weighted by Crippen LogP contribution is -2.10. The SMILES string of the molecule is CCCNc1nc(CSC2CCCC2)nc(COC)c1Br. The predicted octanol–water partition coefficient (Wildman–Crippen LogP) is 4.38. The topological polar surface area (TPSA) is 47.0 Å². The van der Waals surface area contributed by atoms with E-state index in [9.17, 15) is 0 Å². The standard InChI is InChI=1S/C15H24BrN3OS/c1-3-8-17-15-14(16)12(9-20-2)18-13(19-15)10-21-11-6-4-5-7-11/h11H,3-10H2,1-2H3,(H,17,18,19). The van der Waals surface area contributed by atoms with E-state index in [2.05, 4.69) is 38.1 Å². The Kier molecular flexibility index (Phi) is 7.26. The summed E-state index contributed by atoms with van der Waals surface area (Å²) in [5.74, 6) is 2.68. The fourth-order valence-corrected chi connectivity index (χ4v) is 4.06. The molecule has 0 aliphatic heterocycles. The summed E-state index contributed by atoms with van der Waals surface area (Å²) < 4.78 is 6.17. The van der Waals surface area contributed by atoms with E-state index in [0.717, 1.165) is 45.8 Å². The maximum atomic E-state index is 5.25. The van der Waals surface area contributed by atoms with Gasteiger partial charge in [-0.1, -0.05) is 19.8 Å². The lowest BCUT2D eigenvalue weighted by atomic mass is 10.3. The summed E-state index contributed by atoms with van der Waals surface area (Å²) in [6.07, 6.45) is 6.50. The largest absolute Gasteiger partial charge is 0.378 e. The Bertz CT molecular complexity index is 453. The molecule has 118 valence electrons. The average molecular weight is 374 g/mol. The lowest BCUT2D eigenvalue weighted by Gasteiger charge is -2.13. The van der Waals surface area contributed by atoms with Gasteiger partial charge < -0.3 is 10.1 Å². The normalized spacial score (nSPS) is 15.6. The molecule has 1 saturated carbocycles. The summed E-state index contributed by atoms with van der Waals surface area (Å²) in [7, 11) is 1.70. The van der Waals surface area contributed by atoms with Crippen molar-refractivity contribution in [3.05, 3.63) is 16.0 Å². The second kappa shape index (κ2) is 8.96. The molecule has 0 radical (unpaired) electrons. The van der Waals surface area contributed by atoms with Gasteiger partial charge >= 0.3 is 0 Å². The van der Waals surface area contributed by atoms with Crippen molar-refractivity contribution in [1.82, 2.24) is 9.97 Å². The summed E-state index contributed by atoms with van der Waals surface area (Å²) in [4.78, 5) is 9.32. The van der Waals surface area contributed by atoms with Gasteiger partial charge in [-0.05, 0) is 35.2 Å². The van der Waals surface area contributed by atoms with Crippen molar-refractivity contribution >= 4 is 33.5 Å². The first-order chi connectivity index (χ1) is 10.2. The van der Waals surface area contributed by atoms with Crippen LogP contribution in [0.2, 0.25) is 0 Å². The molecule has 0 saturated heterocycles. The van der Waals surface area contributed by atoms with Crippen LogP contribution in [0.4, 0.5) is 5.82 Å². The van der Waals surface area contributed by atoms with Crippen LogP contribution >= 0.6 is 27.7 Å². The monoisotopic (exact) mass is 373 g/mol. The Morgan fingerprint density at radius 1 is 1.33 bits per heavy atom. The molecule has 0 unspecified atom stereocenters. The third kappa shape index (κ3) is 5.11. The first kappa shape index (κ1) is 17.0. The third-order valence-electron chi connectivity index (χ3n) is 3.54. The summed E-state index contributed by atoms with van der Waals surface area (Å²) in [5, 5.41) is 4.15. The van der Waals surface area contributed by atoms with Crippen LogP contribution in [0.5, 0.6) is 0 Å². The number of aromatic nitrogens is 2. The summed E-state index contributed by atoms with van der Waals surface area (Å²) in [6, 6.07) is 0. The molecule has 1 fully saturated rings. The van der Waals surface area contributed by atoms with Gasteiger partial charge in [-0.3, -0.25) is 0 Å². The first-order valence-corrected chi connectivity index (χ1v) is 9.48. The fraction of sp³-hybridized carbons (Fsp3) is 0.733. The Morgan fingerprint density at radius 2 is 2.10 bits per heavy atom. The van der Waals surface area contributed by atoms with E-state index in [0.29, 0.717) is 6.61 Å². The molecule has 6 heteroatoms. The van der Waals surface area contributed by atoms with Gasteiger partial charge in [0.05, 0.1) is 22.5 Å². The molecule has 1 aliphatic carbocycles. The number of hydrogen-bond acceptors (Lipinski definition) is 5. The number of nitrogens with zero attached hydrogens (tertiary/aromatic N) is 2. The van der Waals surface area contributed by atoms with Gasteiger partial charge in [0, 0.05) is 18.9 Å². The zero-order valence-electron chi connectivity index (χ0n) is 12.8. The van der Waals surface area contributed by atoms with Crippen molar-refractivity contribution in [2.45, 2.75) is 56.6 Å². The molecule has 0 spiro atoms. The molecular weight excluding hydrogens is 350 g/mol. The van der Waals surface area contributed by atoms with Crippen LogP contribution in [0.15, 0.2) is 4.47 Å². The zero-order valence-corrected chi connectivity index (χ0v) is 15.2. The van der Waals surface area contributed by atoms with Gasteiger partial charge in [-0.25, -0.2) is 9.97 Å². The number of nitrogens with one attached hydrogen (secondary N) is 1. The van der Waals surface area contributed by atoms with E-state index in [1.807, 2.05) is 11.8 Å². The van der Waals surface area contributed by atoms with Gasteiger partial charge in [0.2, 0.25) is 0 Å². The second-order valence-corrected chi connectivity index (χ2v) is 7.41. The number of thioether (sulfide) groups is 1. The Hall–Kier alpha value is -0.330. The molecule has 0 atom stereocenters. The van der Waals surface area contributed by atoms with E-state index < -0.39 is 0 Å². The van der Waals surface area contributed by atoms with Gasteiger partial charge in [0.1, 0.15) is 11.6 Å². The number of ether oxygens (including phenoxy) is 1. The quantitative estimate of drug-likeness (QED) is 0.732. The van der Waals surface area contributed by atoms with Crippen molar-refractivity contribution in [3.8, 4) is 0 Å². The Morgan fingerprint density at radius 3 is 2.76 bits per heavy atom. The highest BCUT2D eigenvalue weighted by Crippen LogP contribution is 2.32. The molecule has 0 amide bonds. The third-order valence-corrected chi connectivity index (χ3v) is 5.74.